The van der Waals surface area contributed by atoms with E-state index in [1.165, 1.54) is 0 Å². The van der Waals surface area contributed by atoms with Crippen LogP contribution in [0.5, 0.6) is 0 Å². The molecule has 0 saturated carbocycles. The normalized spacial score (nSPS) is 19.4. The highest BCUT2D eigenvalue weighted by Gasteiger charge is 2.23. The number of rotatable bonds is 7. The molecule has 1 aromatic rings. The van der Waals surface area contributed by atoms with E-state index >= 15 is 0 Å². The molecule has 1 unspecified atom stereocenters. The van der Waals surface area contributed by atoms with E-state index < -0.39 is 10.0 Å². The second-order valence-electron chi connectivity index (χ2n) is 5.03. The Bertz CT molecular complexity index is 508. The predicted molar refractivity (Wildman–Crippen MR) is 78.2 cm³/mol. The molecule has 6 heteroatoms. The molecule has 1 fully saturated rings. The van der Waals surface area contributed by atoms with Gasteiger partial charge in [0.15, 0.2) is 0 Å². The minimum absolute atomic E-state index is 0.102. The van der Waals surface area contributed by atoms with Crippen molar-refractivity contribution in [3.63, 3.8) is 0 Å². The lowest BCUT2D eigenvalue weighted by atomic mass is 10.1. The lowest BCUT2D eigenvalue weighted by Crippen LogP contribution is -2.34. The fourth-order valence-electron chi connectivity index (χ4n) is 2.22. The van der Waals surface area contributed by atoms with Gasteiger partial charge < -0.3 is 10.1 Å². The number of hydrogen-bond acceptors (Lipinski definition) is 4. The average molecular weight is 298 g/mol. The van der Waals surface area contributed by atoms with E-state index in [1.54, 1.807) is 12.1 Å². The molecule has 0 aromatic heterocycles. The summed E-state index contributed by atoms with van der Waals surface area (Å²) in [5.74, 6) is 0. The SMILES string of the molecule is CNCCCc1ccc(S(=O)(=O)NC2CCOC2)cc1. The molecule has 2 rings (SSSR count). The van der Waals surface area contributed by atoms with Crippen LogP contribution in [0.3, 0.4) is 0 Å². The quantitative estimate of drug-likeness (QED) is 0.734. The van der Waals surface area contributed by atoms with Crippen LogP contribution in [0.15, 0.2) is 29.2 Å². The summed E-state index contributed by atoms with van der Waals surface area (Å²) in [6.07, 6.45) is 2.73. The smallest absolute Gasteiger partial charge is 0.240 e. The topological polar surface area (TPSA) is 67.4 Å². The van der Waals surface area contributed by atoms with Gasteiger partial charge >= 0.3 is 0 Å². The minimum atomic E-state index is -3.43. The van der Waals surface area contributed by atoms with Crippen molar-refractivity contribution in [3.05, 3.63) is 29.8 Å². The van der Waals surface area contributed by atoms with Crippen LogP contribution < -0.4 is 10.0 Å². The van der Waals surface area contributed by atoms with Crippen LogP contribution in [0, 0.1) is 0 Å². The first-order valence-electron chi connectivity index (χ1n) is 6.95. The molecule has 1 saturated heterocycles. The molecular formula is C14H22N2O3S. The lowest BCUT2D eigenvalue weighted by Gasteiger charge is -2.11. The lowest BCUT2D eigenvalue weighted by molar-refractivity contribution is 0.192. The van der Waals surface area contributed by atoms with Crippen molar-refractivity contribution in [1.29, 1.82) is 0 Å². The number of benzene rings is 1. The summed E-state index contributed by atoms with van der Waals surface area (Å²) < 4.78 is 32.2. The van der Waals surface area contributed by atoms with Crippen LogP contribution in [0.25, 0.3) is 0 Å². The molecule has 112 valence electrons. The molecule has 5 nitrogen and oxygen atoms in total. The van der Waals surface area contributed by atoms with Gasteiger partial charge in [0, 0.05) is 12.6 Å². The zero-order chi connectivity index (χ0) is 14.4. The summed E-state index contributed by atoms with van der Waals surface area (Å²) in [6, 6.07) is 7.01. The Labute approximate surface area is 120 Å². The Kier molecular flexibility index (Phi) is 5.54. The van der Waals surface area contributed by atoms with E-state index in [2.05, 4.69) is 10.0 Å². The standard InChI is InChI=1S/C14H22N2O3S/c1-15-9-2-3-12-4-6-14(7-5-12)20(17,18)16-13-8-10-19-11-13/h4-7,13,15-16H,2-3,8-11H2,1H3. The Morgan fingerprint density at radius 1 is 1.30 bits per heavy atom. The highest BCUT2D eigenvalue weighted by Crippen LogP contribution is 2.14. The summed E-state index contributed by atoms with van der Waals surface area (Å²) in [5, 5.41) is 3.10. The molecule has 1 aromatic carbocycles. The Morgan fingerprint density at radius 3 is 2.65 bits per heavy atom. The van der Waals surface area contributed by atoms with E-state index in [9.17, 15) is 8.42 Å². The first-order valence-corrected chi connectivity index (χ1v) is 8.44. The summed E-state index contributed by atoms with van der Waals surface area (Å²) in [5.41, 5.74) is 1.16. The number of nitrogens with one attached hydrogen (secondary N) is 2. The molecule has 0 bridgehead atoms. The maximum absolute atomic E-state index is 12.2. The van der Waals surface area contributed by atoms with Gasteiger partial charge in [-0.3, -0.25) is 0 Å². The Morgan fingerprint density at radius 2 is 2.05 bits per heavy atom. The molecule has 0 spiro atoms. The molecule has 0 aliphatic carbocycles. The van der Waals surface area contributed by atoms with Crippen LogP contribution in [0.1, 0.15) is 18.4 Å². The fraction of sp³-hybridized carbons (Fsp3) is 0.571. The third kappa shape index (κ3) is 4.28. The van der Waals surface area contributed by atoms with Crippen LogP contribution in [-0.4, -0.2) is 41.3 Å². The molecule has 0 amide bonds. The maximum Gasteiger partial charge on any atom is 0.240 e. The molecule has 1 heterocycles. The second kappa shape index (κ2) is 7.17. The molecule has 1 aliphatic rings. The summed E-state index contributed by atoms with van der Waals surface area (Å²) in [7, 11) is -1.50. The molecule has 1 atom stereocenters. The Hall–Kier alpha value is -0.950. The third-order valence-electron chi connectivity index (χ3n) is 3.38. The number of aryl methyl sites for hydroxylation is 1. The van der Waals surface area contributed by atoms with E-state index in [1.807, 2.05) is 19.2 Å². The zero-order valence-electron chi connectivity index (χ0n) is 11.8. The zero-order valence-corrected chi connectivity index (χ0v) is 12.6. The fourth-order valence-corrected chi connectivity index (χ4v) is 3.47. The first-order chi connectivity index (χ1) is 9.62. The predicted octanol–water partition coefficient (Wildman–Crippen LogP) is 0.906. The largest absolute Gasteiger partial charge is 0.380 e. The van der Waals surface area contributed by atoms with Crippen molar-refractivity contribution in [2.45, 2.75) is 30.2 Å². The third-order valence-corrected chi connectivity index (χ3v) is 4.91. The molecule has 2 N–H and O–H groups in total. The van der Waals surface area contributed by atoms with E-state index in [0.29, 0.717) is 18.1 Å². The van der Waals surface area contributed by atoms with Crippen LogP contribution in [-0.2, 0) is 21.2 Å². The van der Waals surface area contributed by atoms with E-state index in [4.69, 9.17) is 4.74 Å². The number of ether oxygens (including phenoxy) is 1. The van der Waals surface area contributed by atoms with E-state index in [-0.39, 0.29) is 6.04 Å². The van der Waals surface area contributed by atoms with Crippen molar-refractivity contribution in [2.24, 2.45) is 0 Å². The van der Waals surface area contributed by atoms with Crippen LogP contribution in [0.4, 0.5) is 0 Å². The average Bonchev–Trinajstić information content (AvgIpc) is 2.92. The van der Waals surface area contributed by atoms with Gasteiger partial charge in [-0.05, 0) is 50.6 Å². The van der Waals surface area contributed by atoms with Crippen molar-refractivity contribution >= 4 is 10.0 Å². The van der Waals surface area contributed by atoms with Crippen LogP contribution in [0.2, 0.25) is 0 Å². The van der Waals surface area contributed by atoms with E-state index in [0.717, 1.165) is 31.4 Å². The van der Waals surface area contributed by atoms with Crippen molar-refractivity contribution in [1.82, 2.24) is 10.0 Å². The van der Waals surface area contributed by atoms with Crippen molar-refractivity contribution in [2.75, 3.05) is 26.8 Å². The molecular weight excluding hydrogens is 276 g/mol. The highest BCUT2D eigenvalue weighted by molar-refractivity contribution is 7.89. The molecule has 20 heavy (non-hydrogen) atoms. The first kappa shape index (κ1) is 15.4. The summed E-state index contributed by atoms with van der Waals surface area (Å²) in [6.45, 7) is 2.04. The molecule has 0 radical (unpaired) electrons. The maximum atomic E-state index is 12.2. The van der Waals surface area contributed by atoms with Crippen molar-refractivity contribution in [3.8, 4) is 0 Å². The minimum Gasteiger partial charge on any atom is -0.380 e. The monoisotopic (exact) mass is 298 g/mol. The van der Waals surface area contributed by atoms with Gasteiger partial charge in [0.05, 0.1) is 11.5 Å². The summed E-state index contributed by atoms with van der Waals surface area (Å²) >= 11 is 0. The number of sulfonamides is 1. The second-order valence-corrected chi connectivity index (χ2v) is 6.75. The summed E-state index contributed by atoms with van der Waals surface area (Å²) in [4.78, 5) is 0.321. The van der Waals surface area contributed by atoms with Gasteiger partial charge in [-0.15, -0.1) is 0 Å². The van der Waals surface area contributed by atoms with Gasteiger partial charge in [0.1, 0.15) is 0 Å². The van der Waals surface area contributed by atoms with Gasteiger partial charge in [0.25, 0.3) is 0 Å². The van der Waals surface area contributed by atoms with Gasteiger partial charge in [-0.2, -0.15) is 0 Å². The molecule has 1 aliphatic heterocycles. The van der Waals surface area contributed by atoms with Crippen LogP contribution >= 0.6 is 0 Å². The highest BCUT2D eigenvalue weighted by atomic mass is 32.2. The van der Waals surface area contributed by atoms with Gasteiger partial charge in [0.2, 0.25) is 10.0 Å². The van der Waals surface area contributed by atoms with Gasteiger partial charge in [-0.25, -0.2) is 13.1 Å². The Balaban J connectivity index is 1.97. The number of hydrogen-bond donors (Lipinski definition) is 2. The van der Waals surface area contributed by atoms with Crippen molar-refractivity contribution < 1.29 is 13.2 Å². The van der Waals surface area contributed by atoms with Gasteiger partial charge in [-0.1, -0.05) is 12.1 Å².